The Labute approximate surface area is 140 Å². The third-order valence-electron chi connectivity index (χ3n) is 4.04. The van der Waals surface area contributed by atoms with Crippen LogP contribution in [0.1, 0.15) is 48.2 Å². The molecule has 0 bridgehead atoms. The Morgan fingerprint density at radius 3 is 3.17 bits per heavy atom. The van der Waals surface area contributed by atoms with Gasteiger partial charge in [0.25, 0.3) is 0 Å². The first-order chi connectivity index (χ1) is 11.1. The van der Waals surface area contributed by atoms with E-state index < -0.39 is 0 Å². The van der Waals surface area contributed by atoms with Crippen LogP contribution in [-0.2, 0) is 19.4 Å². The summed E-state index contributed by atoms with van der Waals surface area (Å²) in [6, 6.07) is 1.96. The van der Waals surface area contributed by atoms with Gasteiger partial charge in [0.05, 0.1) is 23.5 Å². The van der Waals surface area contributed by atoms with Gasteiger partial charge in [-0.1, -0.05) is 13.8 Å². The summed E-state index contributed by atoms with van der Waals surface area (Å²) in [6.45, 7) is 6.31. The summed E-state index contributed by atoms with van der Waals surface area (Å²) in [7, 11) is 0. The van der Waals surface area contributed by atoms with E-state index in [4.69, 9.17) is 4.42 Å². The molecule has 23 heavy (non-hydrogen) atoms. The summed E-state index contributed by atoms with van der Waals surface area (Å²) >= 11 is 1.70. The second-order valence-corrected chi connectivity index (χ2v) is 7.10. The third kappa shape index (κ3) is 3.93. The SMILES string of the molecule is CC(C)c1nc(CCNC(=O)N2CCCc3occc3C2)cs1. The predicted octanol–water partition coefficient (Wildman–Crippen LogP) is 3.56. The van der Waals surface area contributed by atoms with Crippen LogP contribution in [0.5, 0.6) is 0 Å². The van der Waals surface area contributed by atoms with Gasteiger partial charge in [0.15, 0.2) is 0 Å². The van der Waals surface area contributed by atoms with E-state index in [1.807, 2.05) is 11.0 Å². The van der Waals surface area contributed by atoms with Gasteiger partial charge in [-0.2, -0.15) is 0 Å². The third-order valence-corrected chi connectivity index (χ3v) is 5.23. The van der Waals surface area contributed by atoms with Gasteiger partial charge in [-0.15, -0.1) is 11.3 Å². The van der Waals surface area contributed by atoms with E-state index in [2.05, 4.69) is 29.5 Å². The number of aryl methyl sites for hydroxylation is 1. The molecule has 2 aromatic heterocycles. The van der Waals surface area contributed by atoms with Crippen molar-refractivity contribution >= 4 is 17.4 Å². The van der Waals surface area contributed by atoms with Gasteiger partial charge >= 0.3 is 6.03 Å². The second kappa shape index (κ2) is 7.17. The van der Waals surface area contributed by atoms with E-state index in [0.717, 1.165) is 47.8 Å². The van der Waals surface area contributed by atoms with Crippen LogP contribution in [0, 0.1) is 0 Å². The van der Waals surface area contributed by atoms with Crippen molar-refractivity contribution in [2.24, 2.45) is 0 Å². The fourth-order valence-corrected chi connectivity index (χ4v) is 3.60. The fourth-order valence-electron chi connectivity index (χ4n) is 2.73. The van der Waals surface area contributed by atoms with Crippen LogP contribution >= 0.6 is 11.3 Å². The average Bonchev–Trinajstić information content (AvgIpc) is 3.12. The number of aromatic nitrogens is 1. The number of carbonyl (C=O) groups is 1. The number of nitrogens with one attached hydrogen (secondary N) is 1. The van der Waals surface area contributed by atoms with Gasteiger partial charge < -0.3 is 14.6 Å². The van der Waals surface area contributed by atoms with Crippen molar-refractivity contribution in [3.05, 3.63) is 39.7 Å². The Bertz CT molecular complexity index is 662. The lowest BCUT2D eigenvalue weighted by Gasteiger charge is -2.20. The second-order valence-electron chi connectivity index (χ2n) is 6.21. The van der Waals surface area contributed by atoms with Crippen molar-refractivity contribution in [1.29, 1.82) is 0 Å². The Morgan fingerprint density at radius 1 is 1.52 bits per heavy atom. The molecule has 124 valence electrons. The molecule has 0 aromatic carbocycles. The quantitative estimate of drug-likeness (QED) is 0.931. The molecule has 0 radical (unpaired) electrons. The van der Waals surface area contributed by atoms with E-state index >= 15 is 0 Å². The number of furan rings is 1. The molecule has 0 fully saturated rings. The average molecular weight is 333 g/mol. The van der Waals surface area contributed by atoms with Gasteiger partial charge in [-0.3, -0.25) is 0 Å². The summed E-state index contributed by atoms with van der Waals surface area (Å²) < 4.78 is 5.46. The van der Waals surface area contributed by atoms with Crippen LogP contribution in [-0.4, -0.2) is 29.0 Å². The van der Waals surface area contributed by atoms with Crippen LogP contribution in [0.3, 0.4) is 0 Å². The fraction of sp³-hybridized carbons (Fsp3) is 0.529. The normalized spacial score (nSPS) is 14.7. The van der Waals surface area contributed by atoms with E-state index in [1.165, 1.54) is 0 Å². The number of thiazole rings is 1. The number of nitrogens with zero attached hydrogens (tertiary/aromatic N) is 2. The van der Waals surface area contributed by atoms with Crippen LogP contribution < -0.4 is 5.32 Å². The number of hydrogen-bond donors (Lipinski definition) is 1. The van der Waals surface area contributed by atoms with Crippen molar-refractivity contribution in [2.75, 3.05) is 13.1 Å². The van der Waals surface area contributed by atoms with Gasteiger partial charge in [-0.25, -0.2) is 9.78 Å². The molecular formula is C17H23N3O2S. The highest BCUT2D eigenvalue weighted by atomic mass is 32.1. The molecule has 2 aromatic rings. The van der Waals surface area contributed by atoms with E-state index in [0.29, 0.717) is 19.0 Å². The first-order valence-corrected chi connectivity index (χ1v) is 9.03. The Balaban J connectivity index is 1.49. The van der Waals surface area contributed by atoms with Gasteiger partial charge in [-0.05, 0) is 12.5 Å². The summed E-state index contributed by atoms with van der Waals surface area (Å²) in [5, 5.41) is 6.26. The monoisotopic (exact) mass is 333 g/mol. The molecule has 6 heteroatoms. The van der Waals surface area contributed by atoms with Crippen LogP contribution in [0.15, 0.2) is 22.1 Å². The summed E-state index contributed by atoms with van der Waals surface area (Å²) in [5.41, 5.74) is 2.19. The Kier molecular flexibility index (Phi) is 5.00. The number of urea groups is 1. The van der Waals surface area contributed by atoms with Crippen molar-refractivity contribution in [2.45, 2.75) is 45.6 Å². The smallest absolute Gasteiger partial charge is 0.317 e. The minimum absolute atomic E-state index is 0.00152. The van der Waals surface area contributed by atoms with Crippen LogP contribution in [0.25, 0.3) is 0 Å². The van der Waals surface area contributed by atoms with Crippen LogP contribution in [0.2, 0.25) is 0 Å². The molecule has 3 rings (SSSR count). The zero-order valence-electron chi connectivity index (χ0n) is 13.7. The van der Waals surface area contributed by atoms with Crippen molar-refractivity contribution in [3.63, 3.8) is 0 Å². The number of rotatable bonds is 4. The van der Waals surface area contributed by atoms with Gasteiger partial charge in [0.2, 0.25) is 0 Å². The first-order valence-electron chi connectivity index (χ1n) is 8.16. The summed E-state index contributed by atoms with van der Waals surface area (Å²) in [5.74, 6) is 1.48. The minimum atomic E-state index is -0.00152. The lowest BCUT2D eigenvalue weighted by atomic mass is 10.2. The summed E-state index contributed by atoms with van der Waals surface area (Å²) in [4.78, 5) is 18.8. The molecular weight excluding hydrogens is 310 g/mol. The van der Waals surface area contributed by atoms with Gasteiger partial charge in [0.1, 0.15) is 5.76 Å². The Morgan fingerprint density at radius 2 is 2.39 bits per heavy atom. The van der Waals surface area contributed by atoms with Gasteiger partial charge in [0, 0.05) is 42.8 Å². The highest BCUT2D eigenvalue weighted by Gasteiger charge is 2.20. The predicted molar refractivity (Wildman–Crippen MR) is 90.7 cm³/mol. The molecule has 0 unspecified atom stereocenters. The standard InChI is InChI=1S/C17H23N3O2S/c1-12(2)16-19-14(11-23-16)5-7-18-17(21)20-8-3-4-15-13(10-20)6-9-22-15/h6,9,11-12H,3-5,7-8,10H2,1-2H3,(H,18,21). The molecule has 2 amide bonds. The molecule has 1 N–H and O–H groups in total. The molecule has 1 aliphatic rings. The Hall–Kier alpha value is -1.82. The molecule has 0 saturated heterocycles. The van der Waals surface area contributed by atoms with E-state index in [1.54, 1.807) is 17.6 Å². The zero-order chi connectivity index (χ0) is 16.2. The largest absolute Gasteiger partial charge is 0.469 e. The minimum Gasteiger partial charge on any atom is -0.469 e. The lowest BCUT2D eigenvalue weighted by Crippen LogP contribution is -2.40. The van der Waals surface area contributed by atoms with Crippen molar-refractivity contribution in [1.82, 2.24) is 15.2 Å². The molecule has 0 aliphatic carbocycles. The maximum atomic E-state index is 12.4. The van der Waals surface area contributed by atoms with E-state index in [9.17, 15) is 4.79 Å². The molecule has 0 atom stereocenters. The molecule has 0 saturated carbocycles. The molecule has 3 heterocycles. The number of hydrogen-bond acceptors (Lipinski definition) is 4. The first kappa shape index (κ1) is 16.1. The molecule has 1 aliphatic heterocycles. The number of amides is 2. The maximum absolute atomic E-state index is 12.4. The summed E-state index contributed by atoms with van der Waals surface area (Å²) in [6.07, 6.45) is 4.33. The zero-order valence-corrected chi connectivity index (χ0v) is 14.5. The number of fused-ring (bicyclic) bond motifs is 1. The van der Waals surface area contributed by atoms with Crippen molar-refractivity contribution in [3.8, 4) is 0 Å². The molecule has 0 spiro atoms. The maximum Gasteiger partial charge on any atom is 0.317 e. The lowest BCUT2D eigenvalue weighted by molar-refractivity contribution is 0.196. The van der Waals surface area contributed by atoms with Crippen LogP contribution in [0.4, 0.5) is 4.79 Å². The number of carbonyl (C=O) groups excluding carboxylic acids is 1. The highest BCUT2D eigenvalue weighted by Crippen LogP contribution is 2.20. The van der Waals surface area contributed by atoms with E-state index in [-0.39, 0.29) is 6.03 Å². The highest BCUT2D eigenvalue weighted by molar-refractivity contribution is 7.09. The topological polar surface area (TPSA) is 58.4 Å². The molecule has 5 nitrogen and oxygen atoms in total. The van der Waals surface area contributed by atoms with Crippen molar-refractivity contribution < 1.29 is 9.21 Å².